The molecular weight excluding hydrogens is 458 g/mol. The van der Waals surface area contributed by atoms with Crippen molar-refractivity contribution in [2.75, 3.05) is 33.2 Å². The number of likely N-dealkylation sites (tertiary alicyclic amines) is 1. The number of piperidine rings is 2. The number of thiophene rings is 1. The van der Waals surface area contributed by atoms with Crippen LogP contribution in [-0.4, -0.2) is 73.6 Å². The Kier molecular flexibility index (Phi) is 7.80. The Bertz CT molecular complexity index is 939. The summed E-state index contributed by atoms with van der Waals surface area (Å²) in [6.45, 7) is 4.36. The maximum atomic E-state index is 13.2. The highest BCUT2D eigenvalue weighted by atomic mass is 32.2. The van der Waals surface area contributed by atoms with Gasteiger partial charge in [0, 0.05) is 50.6 Å². The molecule has 3 aliphatic rings. The van der Waals surface area contributed by atoms with Gasteiger partial charge in [-0.3, -0.25) is 9.59 Å². The molecule has 184 valence electrons. The first-order chi connectivity index (χ1) is 15.8. The van der Waals surface area contributed by atoms with Gasteiger partial charge in [-0.2, -0.15) is 4.31 Å². The first kappa shape index (κ1) is 24.7. The molecule has 0 aromatic carbocycles. The van der Waals surface area contributed by atoms with Crippen LogP contribution in [0.5, 0.6) is 0 Å². The molecule has 2 aliphatic heterocycles. The smallest absolute Gasteiger partial charge is 0.254 e. The van der Waals surface area contributed by atoms with E-state index >= 15 is 0 Å². The fraction of sp³-hybridized carbons (Fsp3) is 0.750. The molecular formula is C24H37N3O4S2. The van der Waals surface area contributed by atoms with Crippen molar-refractivity contribution in [2.45, 2.75) is 75.0 Å². The van der Waals surface area contributed by atoms with Crippen LogP contribution >= 0.6 is 11.3 Å². The lowest BCUT2D eigenvalue weighted by atomic mass is 9.91. The summed E-state index contributed by atoms with van der Waals surface area (Å²) in [6.07, 6.45) is 8.85. The molecule has 4 rings (SSSR count). The van der Waals surface area contributed by atoms with Gasteiger partial charge in [0.05, 0.1) is 5.56 Å². The lowest BCUT2D eigenvalue weighted by Crippen LogP contribution is -2.46. The minimum absolute atomic E-state index is 0.0744. The molecule has 3 fully saturated rings. The molecule has 0 bridgehead atoms. The van der Waals surface area contributed by atoms with Crippen LogP contribution in [0.4, 0.5) is 0 Å². The minimum atomic E-state index is -3.65. The molecule has 0 N–H and O–H groups in total. The van der Waals surface area contributed by atoms with Crippen molar-refractivity contribution in [3.63, 3.8) is 0 Å². The zero-order valence-electron chi connectivity index (χ0n) is 19.9. The summed E-state index contributed by atoms with van der Waals surface area (Å²) in [4.78, 5) is 29.6. The molecule has 9 heteroatoms. The topological polar surface area (TPSA) is 78.0 Å². The fourth-order valence-corrected chi connectivity index (χ4v) is 8.14. The summed E-state index contributed by atoms with van der Waals surface area (Å²) in [6, 6.07) is 1.87. The summed E-state index contributed by atoms with van der Waals surface area (Å²) in [5.41, 5.74) is 0.465. The summed E-state index contributed by atoms with van der Waals surface area (Å²) >= 11 is 1.12. The maximum absolute atomic E-state index is 13.2. The summed E-state index contributed by atoms with van der Waals surface area (Å²) in [5, 5.41) is 1.67. The second-order valence-electron chi connectivity index (χ2n) is 10.0. The van der Waals surface area contributed by atoms with Gasteiger partial charge >= 0.3 is 0 Å². The highest BCUT2D eigenvalue weighted by molar-refractivity contribution is 7.91. The van der Waals surface area contributed by atoms with E-state index in [1.54, 1.807) is 5.38 Å². The highest BCUT2D eigenvalue weighted by Crippen LogP contribution is 2.31. The van der Waals surface area contributed by atoms with Crippen molar-refractivity contribution in [1.82, 2.24) is 14.1 Å². The molecule has 1 saturated carbocycles. The van der Waals surface area contributed by atoms with E-state index in [1.165, 1.54) is 29.6 Å². The van der Waals surface area contributed by atoms with E-state index in [9.17, 15) is 18.0 Å². The lowest BCUT2D eigenvalue weighted by Gasteiger charge is -2.36. The van der Waals surface area contributed by atoms with E-state index in [2.05, 4.69) is 6.92 Å². The van der Waals surface area contributed by atoms with Crippen molar-refractivity contribution in [3.05, 3.63) is 17.0 Å². The van der Waals surface area contributed by atoms with Crippen LogP contribution < -0.4 is 0 Å². The Hall–Kier alpha value is -1.45. The Balaban J connectivity index is 1.34. The van der Waals surface area contributed by atoms with E-state index in [0.717, 1.165) is 50.1 Å². The van der Waals surface area contributed by atoms with Crippen molar-refractivity contribution in [3.8, 4) is 0 Å². The van der Waals surface area contributed by atoms with Gasteiger partial charge in [0.1, 0.15) is 4.21 Å². The largest absolute Gasteiger partial charge is 0.343 e. The van der Waals surface area contributed by atoms with Crippen LogP contribution in [-0.2, 0) is 14.8 Å². The third-order valence-electron chi connectivity index (χ3n) is 7.76. The van der Waals surface area contributed by atoms with Crippen LogP contribution in [0, 0.1) is 11.8 Å². The van der Waals surface area contributed by atoms with Gasteiger partial charge < -0.3 is 9.80 Å². The first-order valence-corrected chi connectivity index (χ1v) is 14.7. The molecule has 2 amide bonds. The van der Waals surface area contributed by atoms with Gasteiger partial charge in [-0.1, -0.05) is 26.2 Å². The predicted molar refractivity (Wildman–Crippen MR) is 130 cm³/mol. The molecule has 3 heterocycles. The number of rotatable bonds is 5. The van der Waals surface area contributed by atoms with Gasteiger partial charge in [0.15, 0.2) is 0 Å². The van der Waals surface area contributed by atoms with Gasteiger partial charge in [0.2, 0.25) is 5.91 Å². The van der Waals surface area contributed by atoms with Gasteiger partial charge in [-0.05, 0) is 50.5 Å². The zero-order chi connectivity index (χ0) is 23.6. The molecule has 1 aromatic rings. The van der Waals surface area contributed by atoms with E-state index in [4.69, 9.17) is 0 Å². The Labute approximate surface area is 202 Å². The molecule has 1 aliphatic carbocycles. The molecule has 0 spiro atoms. The third-order valence-corrected chi connectivity index (χ3v) is 11.1. The zero-order valence-corrected chi connectivity index (χ0v) is 21.5. The summed E-state index contributed by atoms with van der Waals surface area (Å²) in [5.74, 6) is 0.614. The van der Waals surface area contributed by atoms with Gasteiger partial charge in [-0.15, -0.1) is 11.3 Å². The first-order valence-electron chi connectivity index (χ1n) is 12.4. The van der Waals surface area contributed by atoms with Crippen LogP contribution in [0.15, 0.2) is 15.7 Å². The van der Waals surface area contributed by atoms with Crippen LogP contribution in [0.3, 0.4) is 0 Å². The van der Waals surface area contributed by atoms with E-state index in [-0.39, 0.29) is 21.9 Å². The SMILES string of the molecule is CC1CCN(C(=O)c2csc(S(=O)(=O)N3CCC(C(=O)N(C)C4CCCCC4)CC3)c2)CC1. The van der Waals surface area contributed by atoms with Gasteiger partial charge in [-0.25, -0.2) is 8.42 Å². The monoisotopic (exact) mass is 495 g/mol. The minimum Gasteiger partial charge on any atom is -0.343 e. The number of carbonyl (C=O) groups is 2. The number of nitrogens with zero attached hydrogens (tertiary/aromatic N) is 3. The Morgan fingerprint density at radius 3 is 2.24 bits per heavy atom. The number of hydrogen-bond acceptors (Lipinski definition) is 5. The molecule has 7 nitrogen and oxygen atoms in total. The molecule has 0 atom stereocenters. The number of sulfonamides is 1. The molecule has 2 saturated heterocycles. The van der Waals surface area contributed by atoms with Crippen molar-refractivity contribution in [2.24, 2.45) is 11.8 Å². The number of hydrogen-bond donors (Lipinski definition) is 0. The molecule has 33 heavy (non-hydrogen) atoms. The predicted octanol–water partition coefficient (Wildman–Crippen LogP) is 3.81. The Morgan fingerprint density at radius 2 is 1.61 bits per heavy atom. The third kappa shape index (κ3) is 5.46. The lowest BCUT2D eigenvalue weighted by molar-refractivity contribution is -0.138. The Morgan fingerprint density at radius 1 is 0.970 bits per heavy atom. The van der Waals surface area contributed by atoms with E-state index in [0.29, 0.717) is 43.5 Å². The molecule has 0 unspecified atom stereocenters. The van der Waals surface area contributed by atoms with Crippen molar-refractivity contribution < 1.29 is 18.0 Å². The average Bonchev–Trinajstić information content (AvgIpc) is 3.35. The fourth-order valence-electron chi connectivity index (χ4n) is 5.36. The van der Waals surface area contributed by atoms with E-state index < -0.39 is 10.0 Å². The van der Waals surface area contributed by atoms with Gasteiger partial charge in [0.25, 0.3) is 15.9 Å². The summed E-state index contributed by atoms with van der Waals surface area (Å²) in [7, 11) is -1.74. The molecule has 0 radical (unpaired) electrons. The van der Waals surface area contributed by atoms with Crippen molar-refractivity contribution >= 4 is 33.2 Å². The second kappa shape index (κ2) is 10.4. The van der Waals surface area contributed by atoms with Crippen molar-refractivity contribution in [1.29, 1.82) is 0 Å². The number of carbonyl (C=O) groups excluding carboxylic acids is 2. The number of amides is 2. The van der Waals surface area contributed by atoms with Crippen LogP contribution in [0.25, 0.3) is 0 Å². The second-order valence-corrected chi connectivity index (χ2v) is 13.1. The highest BCUT2D eigenvalue weighted by Gasteiger charge is 2.36. The van der Waals surface area contributed by atoms with Crippen LogP contribution in [0.2, 0.25) is 0 Å². The van der Waals surface area contributed by atoms with Crippen LogP contribution in [0.1, 0.15) is 75.1 Å². The quantitative estimate of drug-likeness (QED) is 0.622. The average molecular weight is 496 g/mol. The standard InChI is InChI=1S/C24H37N3O4S2/c1-18-8-12-26(13-9-18)24(29)20-16-22(32-17-20)33(30,31)27-14-10-19(11-15-27)23(28)25(2)21-6-4-3-5-7-21/h16-19,21H,3-15H2,1-2H3. The molecule has 1 aromatic heterocycles. The maximum Gasteiger partial charge on any atom is 0.254 e. The normalized spacial score (nSPS) is 22.4. The van der Waals surface area contributed by atoms with E-state index in [1.807, 2.05) is 16.8 Å². The summed E-state index contributed by atoms with van der Waals surface area (Å²) < 4.78 is 28.1.